The summed E-state index contributed by atoms with van der Waals surface area (Å²) in [5.74, 6) is 0.0759. The SMILES string of the molecule is COc1ccnc(NNC(=O)CCNS(=O)(=O)c2ccc3ccccc3c2)n1. The van der Waals surface area contributed by atoms with Crippen molar-refractivity contribution in [2.75, 3.05) is 19.1 Å². The molecule has 0 saturated heterocycles. The fraction of sp³-hybridized carbons (Fsp3) is 0.167. The number of ether oxygens (including phenoxy) is 1. The first-order chi connectivity index (χ1) is 13.5. The van der Waals surface area contributed by atoms with E-state index in [0.29, 0.717) is 5.88 Å². The second kappa shape index (κ2) is 8.63. The van der Waals surface area contributed by atoms with E-state index >= 15 is 0 Å². The Labute approximate surface area is 162 Å². The van der Waals surface area contributed by atoms with Gasteiger partial charge in [-0.2, -0.15) is 4.98 Å². The topological polar surface area (TPSA) is 122 Å². The summed E-state index contributed by atoms with van der Waals surface area (Å²) in [6, 6.07) is 13.9. The molecule has 1 heterocycles. The molecule has 0 unspecified atom stereocenters. The van der Waals surface area contributed by atoms with Crippen molar-refractivity contribution >= 4 is 32.7 Å². The van der Waals surface area contributed by atoms with Gasteiger partial charge in [0.05, 0.1) is 12.0 Å². The van der Waals surface area contributed by atoms with Crippen LogP contribution in [-0.4, -0.2) is 37.9 Å². The molecule has 0 bridgehead atoms. The maximum atomic E-state index is 12.4. The molecule has 9 nitrogen and oxygen atoms in total. The monoisotopic (exact) mass is 401 g/mol. The third-order valence-electron chi connectivity index (χ3n) is 3.83. The number of hydrogen-bond donors (Lipinski definition) is 3. The van der Waals surface area contributed by atoms with E-state index in [9.17, 15) is 13.2 Å². The summed E-state index contributed by atoms with van der Waals surface area (Å²) in [7, 11) is -2.25. The highest BCUT2D eigenvalue weighted by molar-refractivity contribution is 7.89. The molecule has 0 saturated carbocycles. The average Bonchev–Trinajstić information content (AvgIpc) is 2.72. The fourth-order valence-electron chi connectivity index (χ4n) is 2.42. The van der Waals surface area contributed by atoms with E-state index in [1.54, 1.807) is 18.2 Å². The van der Waals surface area contributed by atoms with Crippen molar-refractivity contribution in [2.45, 2.75) is 11.3 Å². The molecule has 0 spiro atoms. The third kappa shape index (κ3) is 4.93. The van der Waals surface area contributed by atoms with Crippen molar-refractivity contribution < 1.29 is 17.9 Å². The van der Waals surface area contributed by atoms with Gasteiger partial charge in [-0.25, -0.2) is 18.1 Å². The summed E-state index contributed by atoms with van der Waals surface area (Å²) >= 11 is 0. The van der Waals surface area contributed by atoms with Crippen molar-refractivity contribution in [1.29, 1.82) is 0 Å². The van der Waals surface area contributed by atoms with Crippen LogP contribution in [0.4, 0.5) is 5.95 Å². The molecule has 3 rings (SSSR count). The van der Waals surface area contributed by atoms with Crippen LogP contribution < -0.4 is 20.3 Å². The molecule has 0 aliphatic rings. The summed E-state index contributed by atoms with van der Waals surface area (Å²) in [6.07, 6.45) is 1.40. The van der Waals surface area contributed by atoms with Gasteiger partial charge in [0.15, 0.2) is 0 Å². The molecule has 146 valence electrons. The number of rotatable bonds is 8. The first-order valence-corrected chi connectivity index (χ1v) is 9.86. The molecular weight excluding hydrogens is 382 g/mol. The molecule has 1 aromatic heterocycles. The van der Waals surface area contributed by atoms with E-state index in [-0.39, 0.29) is 23.8 Å². The summed E-state index contributed by atoms with van der Waals surface area (Å²) < 4.78 is 32.2. The van der Waals surface area contributed by atoms with Gasteiger partial charge in [0.1, 0.15) is 0 Å². The number of hydrogen-bond acceptors (Lipinski definition) is 7. The summed E-state index contributed by atoms with van der Waals surface area (Å²) in [4.78, 5) is 19.9. The molecule has 3 N–H and O–H groups in total. The lowest BCUT2D eigenvalue weighted by atomic mass is 10.1. The van der Waals surface area contributed by atoms with Crippen LogP contribution in [-0.2, 0) is 14.8 Å². The predicted molar refractivity (Wildman–Crippen MR) is 104 cm³/mol. The van der Waals surface area contributed by atoms with E-state index < -0.39 is 15.9 Å². The minimum Gasteiger partial charge on any atom is -0.481 e. The number of sulfonamides is 1. The van der Waals surface area contributed by atoms with Gasteiger partial charge in [-0.15, -0.1) is 0 Å². The van der Waals surface area contributed by atoms with Crippen molar-refractivity contribution in [1.82, 2.24) is 20.1 Å². The fourth-order valence-corrected chi connectivity index (χ4v) is 3.49. The van der Waals surface area contributed by atoms with Gasteiger partial charge in [0.25, 0.3) is 0 Å². The van der Waals surface area contributed by atoms with Gasteiger partial charge in [0.2, 0.25) is 27.8 Å². The number of carbonyl (C=O) groups is 1. The smallest absolute Gasteiger partial charge is 0.245 e. The van der Waals surface area contributed by atoms with Gasteiger partial charge < -0.3 is 4.74 Å². The van der Waals surface area contributed by atoms with Gasteiger partial charge in [0, 0.05) is 25.2 Å². The third-order valence-corrected chi connectivity index (χ3v) is 5.29. The summed E-state index contributed by atoms with van der Waals surface area (Å²) in [6.45, 7) is -0.0539. The van der Waals surface area contributed by atoms with E-state index in [0.717, 1.165) is 10.8 Å². The highest BCUT2D eigenvalue weighted by atomic mass is 32.2. The van der Waals surface area contributed by atoms with E-state index in [1.807, 2.05) is 24.3 Å². The summed E-state index contributed by atoms with van der Waals surface area (Å²) in [5.41, 5.74) is 4.94. The first kappa shape index (κ1) is 19.5. The van der Waals surface area contributed by atoms with Gasteiger partial charge in [-0.1, -0.05) is 30.3 Å². The van der Waals surface area contributed by atoms with E-state index in [2.05, 4.69) is 25.5 Å². The number of benzene rings is 2. The van der Waals surface area contributed by atoms with Crippen LogP contribution in [0.3, 0.4) is 0 Å². The summed E-state index contributed by atoms with van der Waals surface area (Å²) in [5, 5.41) is 1.78. The number of aromatic nitrogens is 2. The van der Waals surface area contributed by atoms with Crippen LogP contribution in [0.25, 0.3) is 10.8 Å². The Morgan fingerprint density at radius 3 is 2.68 bits per heavy atom. The number of carbonyl (C=O) groups excluding carboxylic acids is 1. The molecular formula is C18H19N5O4S. The largest absolute Gasteiger partial charge is 0.481 e. The minimum absolute atomic E-state index is 0.0539. The molecule has 3 aromatic rings. The molecule has 28 heavy (non-hydrogen) atoms. The average molecular weight is 401 g/mol. The van der Waals surface area contributed by atoms with Crippen LogP contribution >= 0.6 is 0 Å². The number of fused-ring (bicyclic) bond motifs is 1. The minimum atomic E-state index is -3.72. The normalized spacial score (nSPS) is 11.2. The number of hydrazine groups is 1. The lowest BCUT2D eigenvalue weighted by molar-refractivity contribution is -0.120. The quantitative estimate of drug-likeness (QED) is 0.488. The maximum absolute atomic E-state index is 12.4. The van der Waals surface area contributed by atoms with Crippen molar-refractivity contribution in [3.8, 4) is 5.88 Å². The Kier molecular flexibility index (Phi) is 6.02. The molecule has 0 radical (unpaired) electrons. The van der Waals surface area contributed by atoms with Crippen molar-refractivity contribution in [2.24, 2.45) is 0 Å². The van der Waals surface area contributed by atoms with Gasteiger partial charge in [-0.3, -0.25) is 15.6 Å². The van der Waals surface area contributed by atoms with Crippen LogP contribution in [0.15, 0.2) is 59.6 Å². The van der Waals surface area contributed by atoms with Crippen molar-refractivity contribution in [3.05, 3.63) is 54.7 Å². The van der Waals surface area contributed by atoms with E-state index in [4.69, 9.17) is 4.74 Å². The molecule has 10 heteroatoms. The Hall–Kier alpha value is -3.24. The number of nitrogens with one attached hydrogen (secondary N) is 3. The molecule has 2 aromatic carbocycles. The molecule has 0 aliphatic carbocycles. The molecule has 0 atom stereocenters. The standard InChI is InChI=1S/C18H19N5O4S/c1-27-17-9-10-19-18(21-17)23-22-16(24)8-11-20-28(25,26)15-7-6-13-4-2-3-5-14(13)12-15/h2-7,9-10,12,20H,8,11H2,1H3,(H,22,24)(H,19,21,23). The van der Waals surface area contributed by atoms with Crippen LogP contribution in [0.2, 0.25) is 0 Å². The molecule has 1 amide bonds. The number of methoxy groups -OCH3 is 1. The molecule has 0 fully saturated rings. The predicted octanol–water partition coefficient (Wildman–Crippen LogP) is 1.45. The van der Waals surface area contributed by atoms with Gasteiger partial charge in [-0.05, 0) is 22.9 Å². The lowest BCUT2D eigenvalue weighted by Crippen LogP contribution is -2.34. The number of anilines is 1. The lowest BCUT2D eigenvalue weighted by Gasteiger charge is -2.09. The maximum Gasteiger partial charge on any atom is 0.245 e. The Morgan fingerprint density at radius 2 is 1.89 bits per heavy atom. The Morgan fingerprint density at radius 1 is 1.11 bits per heavy atom. The zero-order valence-electron chi connectivity index (χ0n) is 15.0. The van der Waals surface area contributed by atoms with E-state index in [1.165, 1.54) is 19.4 Å². The number of amides is 1. The second-order valence-electron chi connectivity index (χ2n) is 5.75. The van der Waals surface area contributed by atoms with Crippen LogP contribution in [0.1, 0.15) is 6.42 Å². The zero-order valence-corrected chi connectivity index (χ0v) is 15.9. The first-order valence-electron chi connectivity index (χ1n) is 8.38. The zero-order chi connectivity index (χ0) is 20.0. The number of nitrogens with zero attached hydrogens (tertiary/aromatic N) is 2. The van der Waals surface area contributed by atoms with Crippen LogP contribution in [0.5, 0.6) is 5.88 Å². The highest BCUT2D eigenvalue weighted by Crippen LogP contribution is 2.18. The Balaban J connectivity index is 1.51. The van der Waals surface area contributed by atoms with Crippen LogP contribution in [0, 0.1) is 0 Å². The molecule has 0 aliphatic heterocycles. The second-order valence-corrected chi connectivity index (χ2v) is 7.52. The highest BCUT2D eigenvalue weighted by Gasteiger charge is 2.14. The van der Waals surface area contributed by atoms with Crippen molar-refractivity contribution in [3.63, 3.8) is 0 Å². The van der Waals surface area contributed by atoms with Gasteiger partial charge >= 0.3 is 0 Å². The Bertz CT molecular complexity index is 1090.